The summed E-state index contributed by atoms with van der Waals surface area (Å²) in [4.78, 5) is 17.1. The highest BCUT2D eigenvalue weighted by atomic mass is 16.5. The molecule has 0 unspecified atom stereocenters. The van der Waals surface area contributed by atoms with E-state index >= 15 is 0 Å². The quantitative estimate of drug-likeness (QED) is 0.291. The van der Waals surface area contributed by atoms with Gasteiger partial charge in [0.05, 0.1) is 22.6 Å². The highest BCUT2D eigenvalue weighted by Crippen LogP contribution is 2.28. The maximum absolute atomic E-state index is 12.8. The molecule has 3 heterocycles. The first-order valence-electron chi connectivity index (χ1n) is 11.3. The third-order valence-electron chi connectivity index (χ3n) is 5.50. The fraction of sp³-hybridized carbons (Fsp3) is 0.111. The van der Waals surface area contributed by atoms with E-state index in [4.69, 9.17) is 4.74 Å². The van der Waals surface area contributed by atoms with Crippen LogP contribution in [-0.2, 0) is 6.54 Å². The monoisotopic (exact) mass is 465 g/mol. The molecule has 0 aliphatic carbocycles. The van der Waals surface area contributed by atoms with Gasteiger partial charge in [-0.2, -0.15) is 10.2 Å². The van der Waals surface area contributed by atoms with Crippen molar-refractivity contribution in [3.63, 3.8) is 0 Å². The fourth-order valence-corrected chi connectivity index (χ4v) is 3.84. The second-order valence-electron chi connectivity index (χ2n) is 8.06. The minimum Gasteiger partial charge on any atom is -0.457 e. The highest BCUT2D eigenvalue weighted by molar-refractivity contribution is 6.02. The Morgan fingerprint density at radius 3 is 2.77 bits per heavy atom. The lowest BCUT2D eigenvalue weighted by Gasteiger charge is -2.08. The summed E-state index contributed by atoms with van der Waals surface area (Å²) in [5.74, 6) is 1.10. The number of amides is 1. The lowest BCUT2D eigenvalue weighted by atomic mass is 10.2. The summed E-state index contributed by atoms with van der Waals surface area (Å²) in [5, 5.41) is 14.5. The number of ether oxygens (including phenoxy) is 1. The van der Waals surface area contributed by atoms with Crippen LogP contribution in [0.1, 0.15) is 34.5 Å². The van der Waals surface area contributed by atoms with Gasteiger partial charge in [-0.15, -0.1) is 4.68 Å². The molecule has 174 valence electrons. The summed E-state index contributed by atoms with van der Waals surface area (Å²) >= 11 is 0. The summed E-state index contributed by atoms with van der Waals surface area (Å²) in [6, 6.07) is 20.7. The average Bonchev–Trinajstić information content (AvgIpc) is 3.46. The number of anilines is 1. The van der Waals surface area contributed by atoms with Gasteiger partial charge in [0.25, 0.3) is 5.69 Å². The number of hydrogen-bond donors (Lipinski definition) is 3. The molecule has 5 aromatic rings. The van der Waals surface area contributed by atoms with Gasteiger partial charge in [-0.3, -0.25) is 14.9 Å². The van der Waals surface area contributed by atoms with Gasteiger partial charge in [0.2, 0.25) is 0 Å². The number of hydrogen-bond acceptors (Lipinski definition) is 4. The average molecular weight is 466 g/mol. The summed E-state index contributed by atoms with van der Waals surface area (Å²) in [5.41, 5.74) is 4.71. The first kappa shape index (κ1) is 22.1. The van der Waals surface area contributed by atoms with Crippen LogP contribution in [0.25, 0.3) is 23.1 Å². The number of benzene rings is 2. The van der Waals surface area contributed by atoms with Gasteiger partial charge in [0.15, 0.2) is 6.54 Å². The summed E-state index contributed by atoms with van der Waals surface area (Å²) < 4.78 is 7.87. The van der Waals surface area contributed by atoms with Gasteiger partial charge in [0, 0.05) is 35.5 Å². The Bertz CT molecular complexity index is 1520. The number of rotatable bonds is 7. The van der Waals surface area contributed by atoms with Crippen LogP contribution < -0.4 is 14.7 Å². The molecule has 5 rings (SSSR count). The van der Waals surface area contributed by atoms with E-state index in [0.29, 0.717) is 29.4 Å². The largest absolute Gasteiger partial charge is 0.457 e. The summed E-state index contributed by atoms with van der Waals surface area (Å²) in [6.45, 7) is 4.58. The molecule has 8 nitrogen and oxygen atoms in total. The van der Waals surface area contributed by atoms with Crippen molar-refractivity contribution in [3.8, 4) is 11.5 Å². The Balaban J connectivity index is 1.31. The van der Waals surface area contributed by atoms with E-state index < -0.39 is 0 Å². The second kappa shape index (κ2) is 9.64. The minimum atomic E-state index is -0.182. The van der Waals surface area contributed by atoms with Gasteiger partial charge in [-0.25, -0.2) is 0 Å². The third-order valence-corrected chi connectivity index (χ3v) is 5.50. The van der Waals surface area contributed by atoms with E-state index in [1.165, 1.54) is 0 Å². The standard InChI is InChI=1S/C27H24N6O2/c1-3-33-26(15-18(2)32-33)27(34)29-20-8-6-9-21(16-20)35-22-11-12-23-24(30-31-25(23)17-22)13-10-19-7-4-5-14-28-19/h4-17H,3H2,1-2H3,(H2,28,29,30,31,34)/p+1. The topological polar surface area (TPSA) is 99.6 Å². The van der Waals surface area contributed by atoms with E-state index in [0.717, 1.165) is 28.0 Å². The van der Waals surface area contributed by atoms with Crippen molar-refractivity contribution in [1.29, 1.82) is 0 Å². The van der Waals surface area contributed by atoms with Crippen LogP contribution in [0.3, 0.4) is 0 Å². The number of nitrogens with zero attached hydrogens (tertiary/aromatic N) is 3. The Kier molecular flexibility index (Phi) is 6.09. The van der Waals surface area contributed by atoms with Crippen LogP contribution in [0.2, 0.25) is 0 Å². The van der Waals surface area contributed by atoms with Gasteiger partial charge in [0.1, 0.15) is 11.5 Å². The predicted octanol–water partition coefficient (Wildman–Crippen LogP) is 5.12. The number of pyridine rings is 1. The molecule has 8 heteroatoms. The maximum atomic E-state index is 12.8. The number of carbonyl (C=O) groups is 1. The van der Waals surface area contributed by atoms with Crippen LogP contribution in [-0.4, -0.2) is 26.2 Å². The Morgan fingerprint density at radius 1 is 1.06 bits per heavy atom. The number of carbonyl (C=O) groups excluding carboxylic acids is 1. The smallest absolute Gasteiger partial charge is 0.322 e. The number of nitrogens with one attached hydrogen (secondary N) is 3. The summed E-state index contributed by atoms with van der Waals surface area (Å²) in [7, 11) is 0. The molecule has 0 fully saturated rings. The second-order valence-corrected chi connectivity index (χ2v) is 8.06. The zero-order valence-corrected chi connectivity index (χ0v) is 19.4. The molecule has 0 aliphatic rings. The fourth-order valence-electron chi connectivity index (χ4n) is 3.84. The lowest BCUT2D eigenvalue weighted by molar-refractivity contribution is -0.748. The van der Waals surface area contributed by atoms with Crippen molar-refractivity contribution in [2.45, 2.75) is 20.4 Å². The Hall–Kier alpha value is -4.72. The SMILES string of the molecule is CC[n+]1[nH]c(C)cc1C(=O)Nc1cccc(Oc2ccc3c(/C=C/c4ccccn4)n[nH]c3c2)c1. The molecule has 0 bridgehead atoms. The molecule has 0 spiro atoms. The Labute approximate surface area is 202 Å². The first-order chi connectivity index (χ1) is 17.1. The number of H-pyrrole nitrogens is 2. The first-order valence-corrected chi connectivity index (χ1v) is 11.3. The third kappa shape index (κ3) is 4.96. The molecule has 0 atom stereocenters. The van der Waals surface area contributed by atoms with Crippen LogP contribution in [0.4, 0.5) is 5.69 Å². The van der Waals surface area contributed by atoms with Gasteiger partial charge < -0.3 is 10.1 Å². The molecule has 3 aromatic heterocycles. The van der Waals surface area contributed by atoms with E-state index in [1.807, 2.05) is 91.3 Å². The normalized spacial score (nSPS) is 11.3. The van der Waals surface area contributed by atoms with E-state index in [-0.39, 0.29) is 5.91 Å². The van der Waals surface area contributed by atoms with Crippen molar-refractivity contribution in [2.24, 2.45) is 0 Å². The maximum Gasteiger partial charge on any atom is 0.322 e. The molecule has 0 saturated carbocycles. The Morgan fingerprint density at radius 2 is 1.94 bits per heavy atom. The number of fused-ring (bicyclic) bond motifs is 1. The zero-order chi connectivity index (χ0) is 24.2. The van der Waals surface area contributed by atoms with E-state index in [2.05, 4.69) is 25.6 Å². The van der Waals surface area contributed by atoms with Gasteiger partial charge >= 0.3 is 5.91 Å². The van der Waals surface area contributed by atoms with Gasteiger partial charge in [-0.1, -0.05) is 12.1 Å². The summed E-state index contributed by atoms with van der Waals surface area (Å²) in [6.07, 6.45) is 5.62. The molecule has 0 radical (unpaired) electrons. The van der Waals surface area contributed by atoms with Crippen molar-refractivity contribution in [3.05, 3.63) is 95.7 Å². The van der Waals surface area contributed by atoms with Crippen LogP contribution >= 0.6 is 0 Å². The van der Waals surface area contributed by atoms with Crippen LogP contribution in [0.5, 0.6) is 11.5 Å². The van der Waals surface area contributed by atoms with E-state index in [9.17, 15) is 4.79 Å². The molecule has 0 aliphatic heterocycles. The van der Waals surface area contributed by atoms with E-state index in [1.54, 1.807) is 12.3 Å². The number of aromatic amines is 2. The highest BCUT2D eigenvalue weighted by Gasteiger charge is 2.21. The molecular formula is C27H25N6O2+. The molecule has 3 N–H and O–H groups in total. The molecule has 2 aromatic carbocycles. The molecule has 1 amide bonds. The molecule has 0 saturated heterocycles. The number of aryl methyl sites for hydroxylation is 2. The molecular weight excluding hydrogens is 440 g/mol. The molecule has 35 heavy (non-hydrogen) atoms. The number of aromatic nitrogens is 5. The van der Waals surface area contributed by atoms with Crippen molar-refractivity contribution in [1.82, 2.24) is 20.3 Å². The minimum absolute atomic E-state index is 0.182. The van der Waals surface area contributed by atoms with Crippen LogP contribution in [0.15, 0.2) is 72.9 Å². The lowest BCUT2D eigenvalue weighted by Crippen LogP contribution is -2.41. The predicted molar refractivity (Wildman–Crippen MR) is 135 cm³/mol. The van der Waals surface area contributed by atoms with Crippen molar-refractivity contribution in [2.75, 3.05) is 5.32 Å². The van der Waals surface area contributed by atoms with Gasteiger partial charge in [-0.05, 0) is 62.4 Å². The van der Waals surface area contributed by atoms with Crippen molar-refractivity contribution >= 4 is 34.6 Å². The van der Waals surface area contributed by atoms with Crippen LogP contribution in [0, 0.1) is 6.92 Å². The zero-order valence-electron chi connectivity index (χ0n) is 19.4. The van der Waals surface area contributed by atoms with Crippen molar-refractivity contribution < 1.29 is 14.2 Å².